The molecule has 5 nitrogen and oxygen atoms in total. The maximum absolute atomic E-state index is 12.4. The van der Waals surface area contributed by atoms with Crippen LogP contribution < -0.4 is 5.32 Å². The summed E-state index contributed by atoms with van der Waals surface area (Å²) in [6, 6.07) is 19.9. The number of amides is 1. The molecule has 0 aromatic heterocycles. The summed E-state index contributed by atoms with van der Waals surface area (Å²) in [6.07, 6.45) is 0. The first-order valence-corrected chi connectivity index (χ1v) is 9.49. The lowest BCUT2D eigenvalue weighted by molar-refractivity contribution is -0.117. The lowest BCUT2D eigenvalue weighted by Crippen LogP contribution is -2.34. The molecule has 2 heterocycles. The third-order valence-electron chi connectivity index (χ3n) is 5.58. The second-order valence-electron chi connectivity index (χ2n) is 7.60. The molecule has 0 aliphatic carbocycles. The highest BCUT2D eigenvalue weighted by molar-refractivity contribution is 5.93. The third kappa shape index (κ3) is 4.19. The summed E-state index contributed by atoms with van der Waals surface area (Å²) in [7, 11) is 0. The van der Waals surface area contributed by atoms with Crippen LogP contribution in [0.4, 0.5) is 5.69 Å². The summed E-state index contributed by atoms with van der Waals surface area (Å²) >= 11 is 0. The highest BCUT2D eigenvalue weighted by Crippen LogP contribution is 2.31. The number of carbonyl (C=O) groups excluding carboxylic acids is 1. The fraction of sp³-hybridized carbons (Fsp3) is 0.364. The van der Waals surface area contributed by atoms with E-state index >= 15 is 0 Å². The molecule has 0 bridgehead atoms. The predicted molar refractivity (Wildman–Crippen MR) is 105 cm³/mol. The number of nitrogens with one attached hydrogen (secondary N) is 1. The van der Waals surface area contributed by atoms with Gasteiger partial charge in [0.25, 0.3) is 0 Å². The van der Waals surface area contributed by atoms with Crippen LogP contribution in [0.2, 0.25) is 0 Å². The van der Waals surface area contributed by atoms with Crippen LogP contribution in [0, 0.1) is 23.2 Å². The van der Waals surface area contributed by atoms with Gasteiger partial charge in [0, 0.05) is 32.7 Å². The minimum absolute atomic E-state index is 0.0428. The Morgan fingerprint density at radius 1 is 0.963 bits per heavy atom. The summed E-state index contributed by atoms with van der Waals surface area (Å²) in [4.78, 5) is 17.2. The van der Waals surface area contributed by atoms with Gasteiger partial charge in [-0.05, 0) is 29.5 Å². The first kappa shape index (κ1) is 17.7. The molecular weight excluding hydrogens is 336 g/mol. The van der Waals surface area contributed by atoms with Gasteiger partial charge in [-0.2, -0.15) is 5.26 Å². The van der Waals surface area contributed by atoms with E-state index in [1.54, 1.807) is 18.2 Å². The van der Waals surface area contributed by atoms with Gasteiger partial charge in [0.05, 0.1) is 17.8 Å². The van der Waals surface area contributed by atoms with Crippen LogP contribution in [-0.2, 0) is 11.3 Å². The highest BCUT2D eigenvalue weighted by Gasteiger charge is 2.40. The number of para-hydroxylation sites is 1. The van der Waals surface area contributed by atoms with Crippen molar-refractivity contribution in [3.8, 4) is 6.07 Å². The summed E-state index contributed by atoms with van der Waals surface area (Å²) in [5.74, 6) is 1.25. The molecule has 27 heavy (non-hydrogen) atoms. The monoisotopic (exact) mass is 360 g/mol. The number of likely N-dealkylation sites (tertiary alicyclic amines) is 2. The molecule has 2 aliphatic rings. The Balaban J connectivity index is 1.27. The van der Waals surface area contributed by atoms with E-state index in [0.29, 0.717) is 29.6 Å². The predicted octanol–water partition coefficient (Wildman–Crippen LogP) is 2.56. The van der Waals surface area contributed by atoms with Crippen LogP contribution in [0.25, 0.3) is 0 Å². The van der Waals surface area contributed by atoms with Crippen LogP contribution in [0.3, 0.4) is 0 Å². The van der Waals surface area contributed by atoms with Gasteiger partial charge in [0.15, 0.2) is 0 Å². The van der Waals surface area contributed by atoms with E-state index in [-0.39, 0.29) is 5.91 Å². The minimum atomic E-state index is -0.0428. The molecule has 2 fully saturated rings. The second kappa shape index (κ2) is 7.91. The molecule has 0 spiro atoms. The molecule has 138 valence electrons. The van der Waals surface area contributed by atoms with Crippen molar-refractivity contribution in [3.05, 3.63) is 65.7 Å². The van der Waals surface area contributed by atoms with E-state index in [2.05, 4.69) is 51.5 Å². The molecule has 2 aliphatic heterocycles. The van der Waals surface area contributed by atoms with Crippen LogP contribution in [0.15, 0.2) is 54.6 Å². The number of hydrogen-bond acceptors (Lipinski definition) is 4. The average Bonchev–Trinajstić information content (AvgIpc) is 3.20. The molecule has 5 heteroatoms. The van der Waals surface area contributed by atoms with Crippen molar-refractivity contribution in [2.45, 2.75) is 6.54 Å². The standard InChI is InChI=1S/C22H24N4O/c23-10-18-8-4-5-9-21(18)24-22(27)16-26-14-19-12-25(13-20(19)15-26)11-17-6-2-1-3-7-17/h1-9,19-20H,11-16H2,(H,24,27). The van der Waals surface area contributed by atoms with Crippen LogP contribution in [-0.4, -0.2) is 48.4 Å². The fourth-order valence-electron chi connectivity index (χ4n) is 4.37. The Bertz CT molecular complexity index is 831. The van der Waals surface area contributed by atoms with Gasteiger partial charge in [-0.3, -0.25) is 14.6 Å². The van der Waals surface area contributed by atoms with Crippen molar-refractivity contribution >= 4 is 11.6 Å². The Hall–Kier alpha value is -2.68. The zero-order valence-corrected chi connectivity index (χ0v) is 15.3. The van der Waals surface area contributed by atoms with Gasteiger partial charge in [-0.15, -0.1) is 0 Å². The number of nitriles is 1. The molecule has 0 saturated carbocycles. The number of benzene rings is 2. The normalized spacial score (nSPS) is 22.3. The first-order valence-electron chi connectivity index (χ1n) is 9.49. The third-order valence-corrected chi connectivity index (χ3v) is 5.58. The van der Waals surface area contributed by atoms with E-state index in [4.69, 9.17) is 5.26 Å². The van der Waals surface area contributed by atoms with Gasteiger partial charge >= 0.3 is 0 Å². The van der Waals surface area contributed by atoms with E-state index in [1.165, 1.54) is 5.56 Å². The van der Waals surface area contributed by atoms with E-state index in [1.807, 2.05) is 6.07 Å². The van der Waals surface area contributed by atoms with E-state index in [0.717, 1.165) is 32.7 Å². The van der Waals surface area contributed by atoms with Crippen molar-refractivity contribution in [1.82, 2.24) is 9.80 Å². The average molecular weight is 360 g/mol. The Morgan fingerprint density at radius 3 is 2.30 bits per heavy atom. The van der Waals surface area contributed by atoms with Crippen molar-refractivity contribution in [1.29, 1.82) is 5.26 Å². The lowest BCUT2D eigenvalue weighted by atomic mass is 10.0. The maximum Gasteiger partial charge on any atom is 0.238 e. The van der Waals surface area contributed by atoms with Crippen molar-refractivity contribution in [3.63, 3.8) is 0 Å². The molecule has 2 aromatic carbocycles. The molecule has 2 saturated heterocycles. The van der Waals surface area contributed by atoms with Gasteiger partial charge < -0.3 is 5.32 Å². The molecule has 1 N–H and O–H groups in total. The number of nitrogens with zero attached hydrogens (tertiary/aromatic N) is 3. The smallest absolute Gasteiger partial charge is 0.238 e. The molecular formula is C22H24N4O. The zero-order valence-electron chi connectivity index (χ0n) is 15.3. The van der Waals surface area contributed by atoms with Gasteiger partial charge in [-0.25, -0.2) is 0 Å². The lowest BCUT2D eigenvalue weighted by Gasteiger charge is -2.21. The molecule has 2 unspecified atom stereocenters. The van der Waals surface area contributed by atoms with Crippen LogP contribution in [0.5, 0.6) is 0 Å². The van der Waals surface area contributed by atoms with Crippen molar-refractivity contribution in [2.75, 3.05) is 38.0 Å². The van der Waals surface area contributed by atoms with Gasteiger partial charge in [-0.1, -0.05) is 42.5 Å². The summed E-state index contributed by atoms with van der Waals surface area (Å²) in [6.45, 7) is 5.57. The molecule has 0 radical (unpaired) electrons. The minimum Gasteiger partial charge on any atom is -0.324 e. The number of fused-ring (bicyclic) bond motifs is 1. The molecule has 2 aromatic rings. The molecule has 2 atom stereocenters. The SMILES string of the molecule is N#Cc1ccccc1NC(=O)CN1CC2CN(Cc3ccccc3)CC2C1. The van der Waals surface area contributed by atoms with Crippen molar-refractivity contribution in [2.24, 2.45) is 11.8 Å². The zero-order chi connectivity index (χ0) is 18.6. The Kier molecular flexibility index (Phi) is 5.19. The van der Waals surface area contributed by atoms with E-state index in [9.17, 15) is 4.79 Å². The number of hydrogen-bond donors (Lipinski definition) is 1. The highest BCUT2D eigenvalue weighted by atomic mass is 16.2. The Morgan fingerprint density at radius 2 is 1.59 bits per heavy atom. The topological polar surface area (TPSA) is 59.4 Å². The largest absolute Gasteiger partial charge is 0.324 e. The second-order valence-corrected chi connectivity index (χ2v) is 7.60. The quantitative estimate of drug-likeness (QED) is 0.890. The van der Waals surface area contributed by atoms with Gasteiger partial charge in [0.2, 0.25) is 5.91 Å². The maximum atomic E-state index is 12.4. The summed E-state index contributed by atoms with van der Waals surface area (Å²) in [5, 5.41) is 12.0. The fourth-order valence-corrected chi connectivity index (χ4v) is 4.37. The summed E-state index contributed by atoms with van der Waals surface area (Å²) < 4.78 is 0. The first-order chi connectivity index (χ1) is 13.2. The van der Waals surface area contributed by atoms with E-state index < -0.39 is 0 Å². The number of anilines is 1. The molecule has 1 amide bonds. The van der Waals surface area contributed by atoms with Crippen LogP contribution >= 0.6 is 0 Å². The molecule has 4 rings (SSSR count). The van der Waals surface area contributed by atoms with Crippen molar-refractivity contribution < 1.29 is 4.79 Å². The number of rotatable bonds is 5. The van der Waals surface area contributed by atoms with Crippen LogP contribution in [0.1, 0.15) is 11.1 Å². The van der Waals surface area contributed by atoms with Gasteiger partial charge in [0.1, 0.15) is 6.07 Å². The number of carbonyl (C=O) groups is 1. The summed E-state index contributed by atoms with van der Waals surface area (Å²) in [5.41, 5.74) is 2.46. The Labute approximate surface area is 160 Å².